The molecule has 2 saturated heterocycles. The van der Waals surface area contributed by atoms with E-state index in [4.69, 9.17) is 19.3 Å². The first-order chi connectivity index (χ1) is 10.8. The lowest BCUT2D eigenvalue weighted by molar-refractivity contribution is -0.322. The number of hydrogen-bond acceptors (Lipinski definition) is 11. The van der Waals surface area contributed by atoms with Crippen LogP contribution in [-0.4, -0.2) is 115 Å². The van der Waals surface area contributed by atoms with Crippen molar-refractivity contribution in [2.75, 3.05) is 13.2 Å². The predicted octanol–water partition coefficient (Wildman–Crippen LogP) is -5.40. The van der Waals surface area contributed by atoms with E-state index in [-0.39, 0.29) is 0 Å². The van der Waals surface area contributed by atoms with Crippen molar-refractivity contribution in [1.82, 2.24) is 0 Å². The molecule has 0 amide bonds. The average molecular weight is 342 g/mol. The van der Waals surface area contributed by atoms with Crippen molar-refractivity contribution in [3.05, 3.63) is 0 Å². The summed E-state index contributed by atoms with van der Waals surface area (Å²) >= 11 is 0. The number of aliphatic hydroxyl groups excluding tert-OH is 8. The van der Waals surface area contributed by atoms with Gasteiger partial charge in [-0.15, -0.1) is 0 Å². The lowest BCUT2D eigenvalue weighted by Crippen LogP contribution is -2.60. The van der Waals surface area contributed by atoms with Crippen LogP contribution in [0.5, 0.6) is 0 Å². The van der Waals surface area contributed by atoms with Crippen molar-refractivity contribution in [2.24, 2.45) is 0 Å². The molecule has 8 N–H and O–H groups in total. The standard InChI is InChI=1S/C12H22O11/c13-1-3-5(15)6(16)9(19)12(21-3)22-4(2-14)10-7(17)8(18)11(20)23-10/h3-20H,1-2H2/t3?,4-,5-,6?,7?,8?,9?,10+,11+,12-/m0/s1. The van der Waals surface area contributed by atoms with Crippen LogP contribution in [-0.2, 0) is 14.2 Å². The van der Waals surface area contributed by atoms with Crippen molar-refractivity contribution in [1.29, 1.82) is 0 Å². The lowest BCUT2D eigenvalue weighted by atomic mass is 9.99. The maximum atomic E-state index is 9.85. The van der Waals surface area contributed by atoms with Crippen LogP contribution in [0.25, 0.3) is 0 Å². The Morgan fingerprint density at radius 1 is 0.783 bits per heavy atom. The summed E-state index contributed by atoms with van der Waals surface area (Å²) in [6.45, 7) is -1.38. The van der Waals surface area contributed by atoms with Crippen LogP contribution in [0.4, 0.5) is 0 Å². The molecule has 2 heterocycles. The monoisotopic (exact) mass is 342 g/mol. The van der Waals surface area contributed by atoms with E-state index >= 15 is 0 Å². The lowest BCUT2D eigenvalue weighted by Gasteiger charge is -2.41. The molecule has 5 unspecified atom stereocenters. The van der Waals surface area contributed by atoms with Gasteiger partial charge in [-0.2, -0.15) is 0 Å². The number of hydrogen-bond donors (Lipinski definition) is 8. The molecule has 0 aromatic rings. The van der Waals surface area contributed by atoms with Gasteiger partial charge >= 0.3 is 0 Å². The molecule has 2 fully saturated rings. The van der Waals surface area contributed by atoms with E-state index in [2.05, 4.69) is 0 Å². The molecule has 0 aromatic heterocycles. The second-order valence-electron chi connectivity index (χ2n) is 5.53. The summed E-state index contributed by atoms with van der Waals surface area (Å²) in [4.78, 5) is 0. The fourth-order valence-corrected chi connectivity index (χ4v) is 2.57. The summed E-state index contributed by atoms with van der Waals surface area (Å²) in [6, 6.07) is 0. The molecule has 0 spiro atoms. The van der Waals surface area contributed by atoms with Crippen molar-refractivity contribution in [2.45, 2.75) is 61.4 Å². The molecular formula is C12H22O11. The van der Waals surface area contributed by atoms with Gasteiger partial charge in [0, 0.05) is 0 Å². The topological polar surface area (TPSA) is 190 Å². The largest absolute Gasteiger partial charge is 0.394 e. The van der Waals surface area contributed by atoms with Crippen molar-refractivity contribution in [3.63, 3.8) is 0 Å². The van der Waals surface area contributed by atoms with Crippen LogP contribution in [0.15, 0.2) is 0 Å². The van der Waals surface area contributed by atoms with Crippen LogP contribution >= 0.6 is 0 Å². The van der Waals surface area contributed by atoms with E-state index in [1.807, 2.05) is 0 Å². The van der Waals surface area contributed by atoms with Crippen LogP contribution < -0.4 is 0 Å². The third kappa shape index (κ3) is 3.65. The van der Waals surface area contributed by atoms with E-state index in [0.29, 0.717) is 0 Å². The minimum Gasteiger partial charge on any atom is -0.394 e. The Balaban J connectivity index is 2.06. The molecular weight excluding hydrogens is 320 g/mol. The minimum absolute atomic E-state index is 0.658. The second-order valence-corrected chi connectivity index (χ2v) is 5.53. The summed E-state index contributed by atoms with van der Waals surface area (Å²) in [5, 5.41) is 76.2. The van der Waals surface area contributed by atoms with Gasteiger partial charge in [-0.25, -0.2) is 0 Å². The Morgan fingerprint density at radius 2 is 1.43 bits per heavy atom. The SMILES string of the molecule is OCC1O[C@@H](O[C@@H](CO)[C@H]2O[C@@H](O)C(O)C2O)C(O)C(O)[C@H]1O. The quantitative estimate of drug-likeness (QED) is 0.238. The third-order valence-corrected chi connectivity index (χ3v) is 3.98. The summed E-state index contributed by atoms with van der Waals surface area (Å²) in [5.41, 5.74) is 0. The molecule has 11 heteroatoms. The van der Waals surface area contributed by atoms with Crippen molar-refractivity contribution >= 4 is 0 Å². The molecule has 2 rings (SSSR count). The fraction of sp³-hybridized carbons (Fsp3) is 1.00. The molecule has 136 valence electrons. The first-order valence-corrected chi connectivity index (χ1v) is 7.08. The maximum absolute atomic E-state index is 9.85. The molecule has 2 aliphatic rings. The number of ether oxygens (including phenoxy) is 3. The number of aliphatic hydroxyl groups is 8. The highest BCUT2D eigenvalue weighted by Crippen LogP contribution is 2.28. The molecule has 0 saturated carbocycles. The van der Waals surface area contributed by atoms with E-state index in [0.717, 1.165) is 0 Å². The Kier molecular flexibility index (Phi) is 6.27. The zero-order valence-corrected chi connectivity index (χ0v) is 12.0. The smallest absolute Gasteiger partial charge is 0.187 e. The molecule has 10 atom stereocenters. The summed E-state index contributed by atoms with van der Waals surface area (Å²) in [5.74, 6) is 0. The van der Waals surface area contributed by atoms with Crippen molar-refractivity contribution in [3.8, 4) is 0 Å². The normalized spacial score (nSPS) is 49.3. The highest BCUT2D eigenvalue weighted by Gasteiger charge is 2.49. The van der Waals surface area contributed by atoms with Gasteiger partial charge in [0.15, 0.2) is 12.6 Å². The summed E-state index contributed by atoms with van der Waals surface area (Å²) in [7, 11) is 0. The molecule has 2 aliphatic heterocycles. The Morgan fingerprint density at radius 3 is 1.91 bits per heavy atom. The second kappa shape index (κ2) is 7.63. The van der Waals surface area contributed by atoms with Gasteiger partial charge in [0.2, 0.25) is 0 Å². The van der Waals surface area contributed by atoms with Gasteiger partial charge in [-0.3, -0.25) is 0 Å². The molecule has 11 nitrogen and oxygen atoms in total. The van der Waals surface area contributed by atoms with Gasteiger partial charge < -0.3 is 55.1 Å². The Hall–Kier alpha value is -0.440. The van der Waals surface area contributed by atoms with E-state index in [9.17, 15) is 35.7 Å². The molecule has 0 radical (unpaired) electrons. The van der Waals surface area contributed by atoms with Crippen LogP contribution in [0, 0.1) is 0 Å². The first-order valence-electron chi connectivity index (χ1n) is 7.08. The Labute approximate surface area is 130 Å². The highest BCUT2D eigenvalue weighted by molar-refractivity contribution is 4.93. The average Bonchev–Trinajstić information content (AvgIpc) is 2.79. The Bertz CT molecular complexity index is 380. The van der Waals surface area contributed by atoms with Crippen LogP contribution in [0.3, 0.4) is 0 Å². The van der Waals surface area contributed by atoms with Gasteiger partial charge in [0.25, 0.3) is 0 Å². The number of rotatable bonds is 5. The van der Waals surface area contributed by atoms with Crippen LogP contribution in [0.2, 0.25) is 0 Å². The zero-order valence-electron chi connectivity index (χ0n) is 12.0. The fourth-order valence-electron chi connectivity index (χ4n) is 2.57. The van der Waals surface area contributed by atoms with Crippen LogP contribution in [0.1, 0.15) is 0 Å². The molecule has 0 bridgehead atoms. The predicted molar refractivity (Wildman–Crippen MR) is 68.6 cm³/mol. The maximum Gasteiger partial charge on any atom is 0.187 e. The minimum atomic E-state index is -1.70. The molecule has 0 aliphatic carbocycles. The third-order valence-electron chi connectivity index (χ3n) is 3.98. The summed E-state index contributed by atoms with van der Waals surface area (Å²) < 4.78 is 15.2. The summed E-state index contributed by atoms with van der Waals surface area (Å²) in [6.07, 6.45) is -15.2. The van der Waals surface area contributed by atoms with Gasteiger partial charge in [-0.1, -0.05) is 0 Å². The van der Waals surface area contributed by atoms with E-state index in [1.165, 1.54) is 0 Å². The zero-order chi connectivity index (χ0) is 17.3. The molecule has 23 heavy (non-hydrogen) atoms. The first kappa shape index (κ1) is 18.9. The van der Waals surface area contributed by atoms with Crippen molar-refractivity contribution < 1.29 is 55.1 Å². The van der Waals surface area contributed by atoms with Gasteiger partial charge in [-0.05, 0) is 0 Å². The van der Waals surface area contributed by atoms with E-state index in [1.54, 1.807) is 0 Å². The highest BCUT2D eigenvalue weighted by atomic mass is 16.7. The van der Waals surface area contributed by atoms with Gasteiger partial charge in [0.05, 0.1) is 13.2 Å². The van der Waals surface area contributed by atoms with Gasteiger partial charge in [0.1, 0.15) is 48.8 Å². The molecule has 0 aromatic carbocycles. The van der Waals surface area contributed by atoms with E-state index < -0.39 is 74.6 Å².